The topological polar surface area (TPSA) is 44.8 Å². The molecule has 0 amide bonds. The van der Waals surface area contributed by atoms with E-state index in [0.717, 1.165) is 16.3 Å². The molecule has 0 saturated carbocycles. The molecule has 4 heteroatoms. The number of rotatable bonds is 6. The largest absolute Gasteiger partial charge is 0.466 e. The zero-order chi connectivity index (χ0) is 15.2. The van der Waals surface area contributed by atoms with Crippen molar-refractivity contribution in [2.45, 2.75) is 20.8 Å². The van der Waals surface area contributed by atoms with Crippen molar-refractivity contribution in [3.05, 3.63) is 41.5 Å². The fourth-order valence-electron chi connectivity index (χ4n) is 2.24. The number of aryl methyl sites for hydroxylation is 1. The van der Waals surface area contributed by atoms with Crippen LogP contribution in [-0.4, -0.2) is 26.0 Å². The van der Waals surface area contributed by atoms with Crippen LogP contribution in [0.3, 0.4) is 0 Å². The fourth-order valence-corrected chi connectivity index (χ4v) is 2.24. The van der Waals surface area contributed by atoms with Crippen LogP contribution >= 0.6 is 0 Å². The molecule has 0 saturated heterocycles. The number of esters is 1. The van der Waals surface area contributed by atoms with Gasteiger partial charge in [-0.2, -0.15) is 0 Å². The third kappa shape index (κ3) is 3.34. The monoisotopic (exact) mass is 288 g/mol. The highest BCUT2D eigenvalue weighted by Gasteiger charge is 2.18. The van der Waals surface area contributed by atoms with Gasteiger partial charge in [0.2, 0.25) is 0 Å². The molecule has 0 fully saturated rings. The van der Waals surface area contributed by atoms with Crippen molar-refractivity contribution in [2.24, 2.45) is 0 Å². The first-order valence-corrected chi connectivity index (χ1v) is 7.09. The number of hydrogen-bond acceptors (Lipinski definition) is 4. The summed E-state index contributed by atoms with van der Waals surface area (Å²) < 4.78 is 16.0. The summed E-state index contributed by atoms with van der Waals surface area (Å²) in [5.74, 6) is 0.151. The lowest BCUT2D eigenvalue weighted by atomic mass is 10.0. The Labute approximate surface area is 124 Å². The van der Waals surface area contributed by atoms with Gasteiger partial charge >= 0.3 is 5.97 Å². The van der Waals surface area contributed by atoms with Crippen molar-refractivity contribution >= 4 is 16.7 Å². The summed E-state index contributed by atoms with van der Waals surface area (Å²) in [7, 11) is 0. The normalized spacial score (nSPS) is 10.6. The minimum atomic E-state index is -0.377. The maximum atomic E-state index is 12.2. The van der Waals surface area contributed by atoms with E-state index in [9.17, 15) is 4.79 Å². The van der Waals surface area contributed by atoms with E-state index in [1.165, 1.54) is 0 Å². The van der Waals surface area contributed by atoms with E-state index in [2.05, 4.69) is 0 Å². The van der Waals surface area contributed by atoms with Crippen LogP contribution in [0.25, 0.3) is 10.8 Å². The first-order valence-electron chi connectivity index (χ1n) is 7.09. The summed E-state index contributed by atoms with van der Waals surface area (Å²) in [5, 5.41) is 2.04. The van der Waals surface area contributed by atoms with Gasteiger partial charge in [0.1, 0.15) is 11.3 Å². The minimum absolute atomic E-state index is 0.113. The zero-order valence-corrected chi connectivity index (χ0v) is 12.6. The van der Waals surface area contributed by atoms with Gasteiger partial charge in [0.25, 0.3) is 0 Å². The molecule has 4 nitrogen and oxygen atoms in total. The van der Waals surface area contributed by atoms with Gasteiger partial charge in [-0.15, -0.1) is 0 Å². The predicted molar refractivity (Wildman–Crippen MR) is 81.8 cm³/mol. The van der Waals surface area contributed by atoms with Gasteiger partial charge in [0.05, 0.1) is 6.61 Å². The Bertz CT molecular complexity index is 634. The molecule has 112 valence electrons. The van der Waals surface area contributed by atoms with Crippen molar-refractivity contribution < 1.29 is 19.0 Å². The van der Waals surface area contributed by atoms with Gasteiger partial charge in [0.15, 0.2) is 6.79 Å². The van der Waals surface area contributed by atoms with Crippen molar-refractivity contribution in [3.8, 4) is 5.75 Å². The second-order valence-corrected chi connectivity index (χ2v) is 4.57. The van der Waals surface area contributed by atoms with Crippen molar-refractivity contribution in [3.63, 3.8) is 0 Å². The van der Waals surface area contributed by atoms with E-state index in [0.29, 0.717) is 24.5 Å². The summed E-state index contributed by atoms with van der Waals surface area (Å²) >= 11 is 0. The molecule has 0 heterocycles. The molecule has 0 radical (unpaired) electrons. The lowest BCUT2D eigenvalue weighted by Gasteiger charge is -2.15. The first-order chi connectivity index (χ1) is 10.2. The quantitative estimate of drug-likeness (QED) is 0.462. The van der Waals surface area contributed by atoms with Gasteiger partial charge in [-0.25, -0.2) is 4.79 Å². The molecule has 0 atom stereocenters. The summed E-state index contributed by atoms with van der Waals surface area (Å²) in [6.07, 6.45) is 0. The van der Waals surface area contributed by atoms with E-state index in [1.54, 1.807) is 6.92 Å². The Morgan fingerprint density at radius 2 is 1.90 bits per heavy atom. The molecule has 2 aromatic carbocycles. The number of carbonyl (C=O) groups is 1. The summed E-state index contributed by atoms with van der Waals surface area (Å²) in [4.78, 5) is 12.2. The number of benzene rings is 2. The Morgan fingerprint density at radius 1 is 1.14 bits per heavy atom. The van der Waals surface area contributed by atoms with E-state index in [1.807, 2.05) is 44.2 Å². The molecule has 0 aliphatic heterocycles. The number of carbonyl (C=O) groups excluding carboxylic acids is 1. The van der Waals surface area contributed by atoms with E-state index >= 15 is 0 Å². The van der Waals surface area contributed by atoms with E-state index < -0.39 is 0 Å². The lowest BCUT2D eigenvalue weighted by Crippen LogP contribution is -2.11. The second-order valence-electron chi connectivity index (χ2n) is 4.57. The van der Waals surface area contributed by atoms with Gasteiger partial charge in [-0.1, -0.05) is 24.3 Å². The van der Waals surface area contributed by atoms with Crippen LogP contribution in [0.5, 0.6) is 5.75 Å². The summed E-state index contributed by atoms with van der Waals surface area (Å²) in [6, 6.07) is 9.69. The van der Waals surface area contributed by atoms with E-state index in [-0.39, 0.29) is 12.8 Å². The molecule has 2 rings (SSSR count). The van der Waals surface area contributed by atoms with Crippen LogP contribution in [-0.2, 0) is 9.47 Å². The molecule has 0 aliphatic carbocycles. The molecular formula is C17H20O4. The Kier molecular flexibility index (Phi) is 5.17. The average molecular weight is 288 g/mol. The smallest absolute Gasteiger partial charge is 0.341 e. The standard InChI is InChI=1S/C17H20O4/c1-4-19-11-21-16-12(3)14-9-7-6-8-13(14)10-15(16)17(18)20-5-2/h6-10H,4-5,11H2,1-3H3. The van der Waals surface area contributed by atoms with Crippen molar-refractivity contribution in [1.82, 2.24) is 0 Å². The number of ether oxygens (including phenoxy) is 3. The highest BCUT2D eigenvalue weighted by atomic mass is 16.7. The zero-order valence-electron chi connectivity index (χ0n) is 12.6. The molecule has 0 aromatic heterocycles. The minimum Gasteiger partial charge on any atom is -0.466 e. The number of fused-ring (bicyclic) bond motifs is 1. The predicted octanol–water partition coefficient (Wildman–Crippen LogP) is 3.70. The Balaban J connectivity index is 2.51. The third-order valence-corrected chi connectivity index (χ3v) is 3.24. The van der Waals surface area contributed by atoms with E-state index in [4.69, 9.17) is 14.2 Å². The molecular weight excluding hydrogens is 268 g/mol. The van der Waals surface area contributed by atoms with Crippen molar-refractivity contribution in [1.29, 1.82) is 0 Å². The second kappa shape index (κ2) is 7.09. The van der Waals surface area contributed by atoms with Gasteiger partial charge in [-0.3, -0.25) is 0 Å². The first kappa shape index (κ1) is 15.3. The third-order valence-electron chi connectivity index (χ3n) is 3.24. The van der Waals surface area contributed by atoms with Crippen LogP contribution in [0.4, 0.5) is 0 Å². The average Bonchev–Trinajstić information content (AvgIpc) is 2.49. The highest BCUT2D eigenvalue weighted by molar-refractivity contribution is 6.00. The summed E-state index contributed by atoms with van der Waals surface area (Å²) in [5.41, 5.74) is 1.35. The van der Waals surface area contributed by atoms with Crippen LogP contribution in [0.2, 0.25) is 0 Å². The van der Waals surface area contributed by atoms with Gasteiger partial charge in [-0.05, 0) is 43.2 Å². The molecule has 0 bridgehead atoms. The molecule has 0 N–H and O–H groups in total. The van der Waals surface area contributed by atoms with Crippen LogP contribution < -0.4 is 4.74 Å². The highest BCUT2D eigenvalue weighted by Crippen LogP contribution is 2.32. The Hall–Kier alpha value is -2.07. The SMILES string of the molecule is CCOCOc1c(C(=O)OCC)cc2ccccc2c1C. The molecule has 0 spiro atoms. The lowest BCUT2D eigenvalue weighted by molar-refractivity contribution is 0.0204. The van der Waals surface area contributed by atoms with Crippen LogP contribution in [0, 0.1) is 6.92 Å². The fraction of sp³-hybridized carbons (Fsp3) is 0.353. The molecule has 21 heavy (non-hydrogen) atoms. The maximum absolute atomic E-state index is 12.2. The van der Waals surface area contributed by atoms with Gasteiger partial charge < -0.3 is 14.2 Å². The molecule has 2 aromatic rings. The maximum Gasteiger partial charge on any atom is 0.341 e. The number of hydrogen-bond donors (Lipinski definition) is 0. The summed E-state index contributed by atoms with van der Waals surface area (Å²) in [6.45, 7) is 6.61. The molecule has 0 unspecified atom stereocenters. The Morgan fingerprint density at radius 3 is 2.62 bits per heavy atom. The van der Waals surface area contributed by atoms with Gasteiger partial charge in [0, 0.05) is 6.61 Å². The van der Waals surface area contributed by atoms with Crippen LogP contribution in [0.1, 0.15) is 29.8 Å². The van der Waals surface area contributed by atoms with Crippen LogP contribution in [0.15, 0.2) is 30.3 Å². The molecule has 0 aliphatic rings. The van der Waals surface area contributed by atoms with Crippen molar-refractivity contribution in [2.75, 3.05) is 20.0 Å².